The number of carbonyl (C=O) groups excluding carboxylic acids is 1. The van der Waals surface area contributed by atoms with Crippen LogP contribution in [0.1, 0.15) is 34.8 Å². The SMILES string of the molecule is Cl.NCCc1nc(C(=O)Nc2ccccc2OCC2CCCCO2)cs1. The zero-order chi connectivity index (χ0) is 17.5. The zero-order valence-corrected chi connectivity index (χ0v) is 16.1. The lowest BCUT2D eigenvalue weighted by Gasteiger charge is -2.23. The zero-order valence-electron chi connectivity index (χ0n) is 14.5. The van der Waals surface area contributed by atoms with Crippen molar-refractivity contribution in [1.29, 1.82) is 0 Å². The number of nitrogens with zero attached hydrogens (tertiary/aromatic N) is 1. The van der Waals surface area contributed by atoms with E-state index in [2.05, 4.69) is 10.3 Å². The van der Waals surface area contributed by atoms with Gasteiger partial charge in [0.2, 0.25) is 0 Å². The number of nitrogens with one attached hydrogen (secondary N) is 1. The highest BCUT2D eigenvalue weighted by atomic mass is 35.5. The number of para-hydroxylation sites is 2. The summed E-state index contributed by atoms with van der Waals surface area (Å²) in [6, 6.07) is 7.41. The molecule has 3 N–H and O–H groups in total. The third kappa shape index (κ3) is 5.67. The lowest BCUT2D eigenvalue weighted by atomic mass is 10.1. The second kappa shape index (κ2) is 10.5. The molecule has 0 saturated carbocycles. The molecule has 1 aromatic heterocycles. The Kier molecular flexibility index (Phi) is 8.31. The summed E-state index contributed by atoms with van der Waals surface area (Å²) >= 11 is 1.45. The fraction of sp³-hybridized carbons (Fsp3) is 0.444. The van der Waals surface area contributed by atoms with Gasteiger partial charge in [-0.2, -0.15) is 0 Å². The minimum Gasteiger partial charge on any atom is -0.489 e. The number of benzene rings is 1. The quantitative estimate of drug-likeness (QED) is 0.748. The second-order valence-corrected chi connectivity index (χ2v) is 6.86. The summed E-state index contributed by atoms with van der Waals surface area (Å²) < 4.78 is 11.6. The number of nitrogens with two attached hydrogens (primary N) is 1. The smallest absolute Gasteiger partial charge is 0.275 e. The van der Waals surface area contributed by atoms with E-state index in [1.54, 1.807) is 5.38 Å². The van der Waals surface area contributed by atoms with Crippen molar-refractivity contribution in [2.45, 2.75) is 31.8 Å². The van der Waals surface area contributed by atoms with Crippen molar-refractivity contribution >= 4 is 35.3 Å². The number of ether oxygens (including phenoxy) is 2. The van der Waals surface area contributed by atoms with E-state index in [1.807, 2.05) is 24.3 Å². The highest BCUT2D eigenvalue weighted by Crippen LogP contribution is 2.26. The highest BCUT2D eigenvalue weighted by Gasteiger charge is 2.17. The van der Waals surface area contributed by atoms with E-state index in [9.17, 15) is 4.79 Å². The Morgan fingerprint density at radius 1 is 1.38 bits per heavy atom. The molecule has 6 nitrogen and oxygen atoms in total. The van der Waals surface area contributed by atoms with Gasteiger partial charge in [-0.15, -0.1) is 23.7 Å². The summed E-state index contributed by atoms with van der Waals surface area (Å²) in [7, 11) is 0. The number of aromatic nitrogens is 1. The summed E-state index contributed by atoms with van der Waals surface area (Å²) in [6.07, 6.45) is 4.09. The van der Waals surface area contributed by atoms with Crippen LogP contribution in [0, 0.1) is 0 Å². The monoisotopic (exact) mass is 397 g/mol. The van der Waals surface area contributed by atoms with Crippen LogP contribution in [0.15, 0.2) is 29.6 Å². The molecule has 1 aliphatic heterocycles. The van der Waals surface area contributed by atoms with Gasteiger partial charge in [-0.25, -0.2) is 4.98 Å². The maximum atomic E-state index is 12.4. The fourth-order valence-electron chi connectivity index (χ4n) is 2.66. The third-order valence-corrected chi connectivity index (χ3v) is 4.89. The normalized spacial score (nSPS) is 16.6. The number of halogens is 1. The van der Waals surface area contributed by atoms with E-state index in [1.165, 1.54) is 17.8 Å². The van der Waals surface area contributed by atoms with Gasteiger partial charge in [0.05, 0.1) is 16.8 Å². The van der Waals surface area contributed by atoms with E-state index < -0.39 is 0 Å². The molecule has 1 aliphatic rings. The van der Waals surface area contributed by atoms with E-state index in [-0.39, 0.29) is 24.4 Å². The maximum absolute atomic E-state index is 12.4. The van der Waals surface area contributed by atoms with E-state index >= 15 is 0 Å². The summed E-state index contributed by atoms with van der Waals surface area (Å²) in [5.41, 5.74) is 6.56. The van der Waals surface area contributed by atoms with Gasteiger partial charge in [0.1, 0.15) is 18.1 Å². The first-order valence-corrected chi connectivity index (χ1v) is 9.43. The molecule has 0 radical (unpaired) electrons. The first kappa shape index (κ1) is 20.6. The molecule has 2 aromatic rings. The number of anilines is 1. The molecule has 0 bridgehead atoms. The summed E-state index contributed by atoms with van der Waals surface area (Å²) in [5, 5.41) is 5.50. The predicted molar refractivity (Wildman–Crippen MR) is 106 cm³/mol. The topological polar surface area (TPSA) is 86.5 Å². The Morgan fingerprint density at radius 2 is 2.23 bits per heavy atom. The Labute approximate surface area is 163 Å². The number of thiazole rings is 1. The number of amides is 1. The Bertz CT molecular complexity index is 704. The lowest BCUT2D eigenvalue weighted by Crippen LogP contribution is -2.26. The van der Waals surface area contributed by atoms with Crippen LogP contribution in [-0.2, 0) is 11.2 Å². The van der Waals surface area contributed by atoms with E-state index in [0.29, 0.717) is 36.7 Å². The number of hydrogen-bond acceptors (Lipinski definition) is 6. The van der Waals surface area contributed by atoms with Gasteiger partial charge >= 0.3 is 0 Å². The minimum absolute atomic E-state index is 0. The Balaban J connectivity index is 0.00000243. The Morgan fingerprint density at radius 3 is 3.00 bits per heavy atom. The molecule has 0 aliphatic carbocycles. The van der Waals surface area contributed by atoms with Crippen LogP contribution < -0.4 is 15.8 Å². The summed E-state index contributed by atoms with van der Waals surface area (Å²) in [6.45, 7) is 1.81. The third-order valence-electron chi connectivity index (χ3n) is 3.98. The lowest BCUT2D eigenvalue weighted by molar-refractivity contribution is -0.0109. The predicted octanol–water partition coefficient (Wildman–Crippen LogP) is 3.27. The van der Waals surface area contributed by atoms with Crippen LogP contribution in [-0.4, -0.2) is 36.8 Å². The molecule has 26 heavy (non-hydrogen) atoms. The average Bonchev–Trinajstić information content (AvgIpc) is 3.11. The number of hydrogen-bond donors (Lipinski definition) is 2. The molecule has 8 heteroatoms. The number of carbonyl (C=O) groups is 1. The first-order valence-electron chi connectivity index (χ1n) is 8.55. The molecule has 1 aromatic carbocycles. The number of rotatable bonds is 7. The van der Waals surface area contributed by atoms with Crippen molar-refractivity contribution in [2.75, 3.05) is 25.1 Å². The molecule has 1 atom stereocenters. The molecule has 142 valence electrons. The van der Waals surface area contributed by atoms with Crippen LogP contribution in [0.5, 0.6) is 5.75 Å². The summed E-state index contributed by atoms with van der Waals surface area (Å²) in [5.74, 6) is 0.395. The molecule has 3 rings (SSSR count). The molecular formula is C18H24ClN3O3S. The van der Waals surface area contributed by atoms with E-state index in [4.69, 9.17) is 15.2 Å². The molecule has 1 unspecified atom stereocenters. The van der Waals surface area contributed by atoms with Crippen LogP contribution in [0.25, 0.3) is 0 Å². The van der Waals surface area contributed by atoms with Crippen LogP contribution in [0.2, 0.25) is 0 Å². The average molecular weight is 398 g/mol. The van der Waals surface area contributed by atoms with Gasteiger partial charge in [0.25, 0.3) is 5.91 Å². The van der Waals surface area contributed by atoms with Gasteiger partial charge in [0.15, 0.2) is 0 Å². The van der Waals surface area contributed by atoms with Crippen LogP contribution >= 0.6 is 23.7 Å². The largest absolute Gasteiger partial charge is 0.489 e. The van der Waals surface area contributed by atoms with E-state index in [0.717, 1.165) is 24.5 Å². The van der Waals surface area contributed by atoms with Crippen molar-refractivity contribution in [3.63, 3.8) is 0 Å². The van der Waals surface area contributed by atoms with Gasteiger partial charge in [0, 0.05) is 18.4 Å². The van der Waals surface area contributed by atoms with Crippen molar-refractivity contribution < 1.29 is 14.3 Å². The molecule has 1 amide bonds. The summed E-state index contributed by atoms with van der Waals surface area (Å²) in [4.78, 5) is 16.7. The first-order chi connectivity index (χ1) is 12.3. The van der Waals surface area contributed by atoms with Crippen molar-refractivity contribution in [3.8, 4) is 5.75 Å². The van der Waals surface area contributed by atoms with Crippen LogP contribution in [0.4, 0.5) is 5.69 Å². The van der Waals surface area contributed by atoms with Crippen molar-refractivity contribution in [3.05, 3.63) is 40.3 Å². The molecule has 1 saturated heterocycles. The fourth-order valence-corrected chi connectivity index (χ4v) is 3.45. The van der Waals surface area contributed by atoms with Gasteiger partial charge < -0.3 is 20.5 Å². The van der Waals surface area contributed by atoms with Gasteiger partial charge in [-0.3, -0.25) is 4.79 Å². The van der Waals surface area contributed by atoms with Gasteiger partial charge in [-0.05, 0) is 37.9 Å². The highest BCUT2D eigenvalue weighted by molar-refractivity contribution is 7.09. The van der Waals surface area contributed by atoms with Crippen LogP contribution in [0.3, 0.4) is 0 Å². The van der Waals surface area contributed by atoms with Crippen molar-refractivity contribution in [1.82, 2.24) is 4.98 Å². The standard InChI is InChI=1S/C18H23N3O3S.ClH/c19-9-8-17-20-15(12-25-17)18(22)21-14-6-1-2-7-16(14)24-11-13-5-3-4-10-23-13;/h1-2,6-7,12-13H,3-5,8-11,19H2,(H,21,22);1H. The molecule has 1 fully saturated rings. The van der Waals surface area contributed by atoms with Crippen molar-refractivity contribution in [2.24, 2.45) is 5.73 Å². The molecule has 2 heterocycles. The molecular weight excluding hydrogens is 374 g/mol. The van der Waals surface area contributed by atoms with Gasteiger partial charge in [-0.1, -0.05) is 12.1 Å². The Hall–Kier alpha value is -1.67. The molecule has 0 spiro atoms. The second-order valence-electron chi connectivity index (χ2n) is 5.92. The maximum Gasteiger partial charge on any atom is 0.275 e. The minimum atomic E-state index is -0.246.